The van der Waals surface area contributed by atoms with Crippen LogP contribution in [0.4, 0.5) is 0 Å². The van der Waals surface area contributed by atoms with Crippen LogP contribution in [0.15, 0.2) is 18.2 Å². The van der Waals surface area contributed by atoms with E-state index in [1.807, 2.05) is 0 Å². The first kappa shape index (κ1) is 12.0. The fraction of sp³-hybridized carbons (Fsp3) is 0.600. The number of fused-ring (bicyclic) bond motifs is 1. The second kappa shape index (κ2) is 4.56. The molecule has 0 radical (unpaired) electrons. The van der Waals surface area contributed by atoms with Crippen molar-refractivity contribution in [1.29, 1.82) is 0 Å². The fourth-order valence-electron chi connectivity index (χ4n) is 3.03. The third kappa shape index (κ3) is 1.91. The van der Waals surface area contributed by atoms with Gasteiger partial charge >= 0.3 is 0 Å². The van der Waals surface area contributed by atoms with Crippen molar-refractivity contribution in [3.63, 3.8) is 0 Å². The Labute approximate surface area is 108 Å². The molecule has 1 aromatic rings. The predicted molar refractivity (Wildman–Crippen MR) is 70.8 cm³/mol. The number of ether oxygens (including phenoxy) is 2. The van der Waals surface area contributed by atoms with Crippen molar-refractivity contribution in [2.24, 2.45) is 5.73 Å². The van der Waals surface area contributed by atoms with Crippen LogP contribution in [0.25, 0.3) is 0 Å². The lowest BCUT2D eigenvalue weighted by Crippen LogP contribution is -2.38. The second-order valence-corrected chi connectivity index (χ2v) is 5.53. The maximum absolute atomic E-state index is 6.45. The van der Waals surface area contributed by atoms with E-state index in [0.29, 0.717) is 0 Å². The number of benzene rings is 1. The maximum atomic E-state index is 6.45. The van der Waals surface area contributed by atoms with Gasteiger partial charge in [-0.15, -0.1) is 0 Å². The Morgan fingerprint density at radius 2 is 2.17 bits per heavy atom. The summed E-state index contributed by atoms with van der Waals surface area (Å²) >= 11 is 0. The van der Waals surface area contributed by atoms with Crippen LogP contribution < -0.4 is 10.5 Å². The average Bonchev–Trinajstić information content (AvgIpc) is 2.85. The Morgan fingerprint density at radius 3 is 2.94 bits per heavy atom. The van der Waals surface area contributed by atoms with Gasteiger partial charge in [-0.2, -0.15) is 0 Å². The SMILES string of the molecule is CC1(C(N)c2cccc3c2OCCC3)CCCO1. The highest BCUT2D eigenvalue weighted by molar-refractivity contribution is 5.45. The first-order valence-corrected chi connectivity index (χ1v) is 6.85. The molecule has 2 heterocycles. The van der Waals surface area contributed by atoms with Gasteiger partial charge in [0.25, 0.3) is 0 Å². The van der Waals surface area contributed by atoms with Crippen molar-refractivity contribution in [3.05, 3.63) is 29.3 Å². The summed E-state index contributed by atoms with van der Waals surface area (Å²) in [5, 5.41) is 0. The lowest BCUT2D eigenvalue weighted by atomic mass is 9.86. The number of nitrogens with two attached hydrogens (primary N) is 1. The summed E-state index contributed by atoms with van der Waals surface area (Å²) in [5.74, 6) is 1.01. The van der Waals surface area contributed by atoms with E-state index in [2.05, 4.69) is 25.1 Å². The van der Waals surface area contributed by atoms with Crippen LogP contribution in [0.3, 0.4) is 0 Å². The molecule has 1 saturated heterocycles. The van der Waals surface area contributed by atoms with E-state index in [0.717, 1.165) is 50.2 Å². The number of hydrogen-bond acceptors (Lipinski definition) is 3. The molecule has 98 valence electrons. The van der Waals surface area contributed by atoms with Crippen LogP contribution >= 0.6 is 0 Å². The van der Waals surface area contributed by atoms with Crippen molar-refractivity contribution in [1.82, 2.24) is 0 Å². The zero-order chi connectivity index (χ0) is 12.6. The van der Waals surface area contributed by atoms with Gasteiger partial charge in [-0.3, -0.25) is 0 Å². The molecule has 0 spiro atoms. The van der Waals surface area contributed by atoms with E-state index in [4.69, 9.17) is 15.2 Å². The number of rotatable bonds is 2. The van der Waals surface area contributed by atoms with Crippen molar-refractivity contribution in [2.75, 3.05) is 13.2 Å². The first-order valence-electron chi connectivity index (χ1n) is 6.85. The summed E-state index contributed by atoms with van der Waals surface area (Å²) in [5.41, 5.74) is 8.61. The summed E-state index contributed by atoms with van der Waals surface area (Å²) in [6.45, 7) is 3.74. The topological polar surface area (TPSA) is 44.5 Å². The second-order valence-electron chi connectivity index (χ2n) is 5.53. The van der Waals surface area contributed by atoms with Gasteiger partial charge in [0.1, 0.15) is 5.75 Å². The van der Waals surface area contributed by atoms with E-state index < -0.39 is 0 Å². The normalized spacial score (nSPS) is 28.6. The van der Waals surface area contributed by atoms with Crippen molar-refractivity contribution >= 4 is 0 Å². The zero-order valence-electron chi connectivity index (χ0n) is 10.9. The quantitative estimate of drug-likeness (QED) is 0.873. The van der Waals surface area contributed by atoms with Crippen molar-refractivity contribution in [3.8, 4) is 5.75 Å². The highest BCUT2D eigenvalue weighted by Gasteiger charge is 2.38. The highest BCUT2D eigenvalue weighted by Crippen LogP contribution is 2.41. The van der Waals surface area contributed by atoms with E-state index >= 15 is 0 Å². The molecule has 0 saturated carbocycles. The molecule has 0 aliphatic carbocycles. The maximum Gasteiger partial charge on any atom is 0.127 e. The van der Waals surface area contributed by atoms with E-state index in [1.165, 1.54) is 5.56 Å². The molecule has 1 fully saturated rings. The Balaban J connectivity index is 1.96. The van der Waals surface area contributed by atoms with Crippen LogP contribution in [0.1, 0.15) is 43.4 Å². The van der Waals surface area contributed by atoms with Gasteiger partial charge in [-0.25, -0.2) is 0 Å². The smallest absolute Gasteiger partial charge is 0.127 e. The zero-order valence-corrected chi connectivity index (χ0v) is 10.9. The van der Waals surface area contributed by atoms with Gasteiger partial charge < -0.3 is 15.2 Å². The van der Waals surface area contributed by atoms with Gasteiger partial charge in [0.15, 0.2) is 0 Å². The Hall–Kier alpha value is -1.06. The molecule has 3 nitrogen and oxygen atoms in total. The van der Waals surface area contributed by atoms with Crippen LogP contribution in [0.5, 0.6) is 5.75 Å². The molecule has 3 heteroatoms. The lowest BCUT2D eigenvalue weighted by molar-refractivity contribution is -0.00250. The third-order valence-electron chi connectivity index (χ3n) is 4.21. The minimum atomic E-state index is -0.240. The Kier molecular flexibility index (Phi) is 3.04. The van der Waals surface area contributed by atoms with E-state index in [-0.39, 0.29) is 11.6 Å². The predicted octanol–water partition coefficient (Wildman–Crippen LogP) is 2.58. The number of hydrogen-bond donors (Lipinski definition) is 1. The molecule has 2 aliphatic heterocycles. The summed E-state index contributed by atoms with van der Waals surface area (Å²) in [6, 6.07) is 6.21. The molecule has 0 bridgehead atoms. The molecule has 3 rings (SSSR count). The average molecular weight is 247 g/mol. The minimum absolute atomic E-state index is 0.104. The molecule has 2 atom stereocenters. The van der Waals surface area contributed by atoms with Crippen molar-refractivity contribution in [2.45, 2.75) is 44.2 Å². The van der Waals surface area contributed by atoms with E-state index in [9.17, 15) is 0 Å². The van der Waals surface area contributed by atoms with Crippen LogP contribution in [0, 0.1) is 0 Å². The summed E-state index contributed by atoms with van der Waals surface area (Å²) in [4.78, 5) is 0. The molecule has 0 amide bonds. The highest BCUT2D eigenvalue weighted by atomic mass is 16.5. The standard InChI is InChI=1S/C15H21NO2/c1-15(8-4-10-18-15)14(16)12-7-2-5-11-6-3-9-17-13(11)12/h2,5,7,14H,3-4,6,8-10,16H2,1H3. The summed E-state index contributed by atoms with van der Waals surface area (Å²) < 4.78 is 11.7. The molecule has 18 heavy (non-hydrogen) atoms. The molecular weight excluding hydrogens is 226 g/mol. The van der Waals surface area contributed by atoms with Gasteiger partial charge in [-0.05, 0) is 38.2 Å². The molecular formula is C15H21NO2. The van der Waals surface area contributed by atoms with Crippen LogP contribution in [-0.2, 0) is 11.2 Å². The van der Waals surface area contributed by atoms with Gasteiger partial charge in [0.05, 0.1) is 18.2 Å². The number of aryl methyl sites for hydroxylation is 1. The molecule has 2 N–H and O–H groups in total. The molecule has 0 aromatic heterocycles. The Morgan fingerprint density at radius 1 is 1.28 bits per heavy atom. The lowest BCUT2D eigenvalue weighted by Gasteiger charge is -2.33. The Bertz CT molecular complexity index is 438. The van der Waals surface area contributed by atoms with E-state index in [1.54, 1.807) is 0 Å². The summed E-state index contributed by atoms with van der Waals surface area (Å²) in [6.07, 6.45) is 4.31. The molecule has 2 aliphatic rings. The number of para-hydroxylation sites is 1. The van der Waals surface area contributed by atoms with Crippen LogP contribution in [0.2, 0.25) is 0 Å². The molecule has 1 aromatic carbocycles. The minimum Gasteiger partial charge on any atom is -0.493 e. The monoisotopic (exact) mass is 247 g/mol. The van der Waals surface area contributed by atoms with Gasteiger partial charge in [0, 0.05) is 12.2 Å². The fourth-order valence-corrected chi connectivity index (χ4v) is 3.03. The van der Waals surface area contributed by atoms with Crippen LogP contribution in [-0.4, -0.2) is 18.8 Å². The first-order chi connectivity index (χ1) is 8.71. The summed E-state index contributed by atoms with van der Waals surface area (Å²) in [7, 11) is 0. The van der Waals surface area contributed by atoms with Gasteiger partial charge in [-0.1, -0.05) is 18.2 Å². The molecule has 2 unspecified atom stereocenters. The van der Waals surface area contributed by atoms with Gasteiger partial charge in [0.2, 0.25) is 0 Å². The van der Waals surface area contributed by atoms with Crippen molar-refractivity contribution < 1.29 is 9.47 Å². The largest absolute Gasteiger partial charge is 0.493 e. The third-order valence-corrected chi connectivity index (χ3v) is 4.21.